The van der Waals surface area contributed by atoms with E-state index in [0.29, 0.717) is 0 Å². The van der Waals surface area contributed by atoms with E-state index in [1.807, 2.05) is 24.3 Å². The predicted molar refractivity (Wildman–Crippen MR) is 103 cm³/mol. The van der Waals surface area contributed by atoms with Gasteiger partial charge in [-0.1, -0.05) is 44.2 Å². The highest BCUT2D eigenvalue weighted by atomic mass is 16.5. The predicted octanol–water partition coefficient (Wildman–Crippen LogP) is 4.80. The van der Waals surface area contributed by atoms with Crippen LogP contribution in [-0.4, -0.2) is 36.2 Å². The van der Waals surface area contributed by atoms with Crippen LogP contribution in [0.2, 0.25) is 0 Å². The number of ether oxygens (including phenoxy) is 1. The minimum Gasteiger partial charge on any atom is -0.497 e. The van der Waals surface area contributed by atoms with E-state index in [1.54, 1.807) is 7.11 Å². The second kappa shape index (κ2) is 9.05. The second-order valence-corrected chi connectivity index (χ2v) is 8.18. The van der Waals surface area contributed by atoms with Crippen LogP contribution in [0.15, 0.2) is 24.3 Å². The van der Waals surface area contributed by atoms with Crippen molar-refractivity contribution in [3.8, 4) is 5.75 Å². The molecule has 1 N–H and O–H groups in total. The molecule has 25 heavy (non-hydrogen) atoms. The Hall–Kier alpha value is -1.06. The molecular formula is C22H35NO2. The van der Waals surface area contributed by atoms with Crippen LogP contribution >= 0.6 is 0 Å². The first-order valence-corrected chi connectivity index (χ1v) is 10.2. The van der Waals surface area contributed by atoms with Gasteiger partial charge in [-0.15, -0.1) is 0 Å². The zero-order valence-corrected chi connectivity index (χ0v) is 16.0. The Balaban J connectivity index is 1.47. The lowest BCUT2D eigenvalue weighted by molar-refractivity contribution is 0.0338. The summed E-state index contributed by atoms with van der Waals surface area (Å²) in [6.45, 7) is 4.42. The number of piperidine rings is 1. The summed E-state index contributed by atoms with van der Waals surface area (Å²) in [6.07, 6.45) is 10.9. The van der Waals surface area contributed by atoms with Gasteiger partial charge in [0.1, 0.15) is 5.75 Å². The largest absolute Gasteiger partial charge is 0.497 e. The SMILES string of the molecule is COc1ccc(C(O)C(C)N2CCC(CC3CCCCC3)CC2)cc1. The maximum absolute atomic E-state index is 10.7. The summed E-state index contributed by atoms with van der Waals surface area (Å²) in [5.41, 5.74) is 0.984. The summed E-state index contributed by atoms with van der Waals surface area (Å²) < 4.78 is 5.21. The van der Waals surface area contributed by atoms with Crippen molar-refractivity contribution < 1.29 is 9.84 Å². The van der Waals surface area contributed by atoms with E-state index in [-0.39, 0.29) is 6.04 Å². The molecule has 0 spiro atoms. The van der Waals surface area contributed by atoms with Crippen molar-refractivity contribution in [3.63, 3.8) is 0 Å². The molecule has 1 aromatic rings. The lowest BCUT2D eigenvalue weighted by Crippen LogP contribution is -2.43. The van der Waals surface area contributed by atoms with Gasteiger partial charge < -0.3 is 9.84 Å². The van der Waals surface area contributed by atoms with E-state index in [1.165, 1.54) is 51.4 Å². The van der Waals surface area contributed by atoms with Crippen LogP contribution in [0, 0.1) is 11.8 Å². The number of rotatable bonds is 6. The highest BCUT2D eigenvalue weighted by molar-refractivity contribution is 5.29. The Morgan fingerprint density at radius 2 is 1.60 bits per heavy atom. The number of methoxy groups -OCH3 is 1. The maximum atomic E-state index is 10.7. The minimum atomic E-state index is -0.430. The van der Waals surface area contributed by atoms with Gasteiger partial charge in [-0.3, -0.25) is 4.90 Å². The van der Waals surface area contributed by atoms with Crippen LogP contribution in [0.5, 0.6) is 5.75 Å². The van der Waals surface area contributed by atoms with E-state index in [0.717, 1.165) is 36.2 Å². The Labute approximate surface area is 153 Å². The third-order valence-electron chi connectivity index (χ3n) is 6.53. The molecule has 0 radical (unpaired) electrons. The van der Waals surface area contributed by atoms with Gasteiger partial charge in [-0.25, -0.2) is 0 Å². The molecule has 0 bridgehead atoms. The van der Waals surface area contributed by atoms with Gasteiger partial charge in [0.05, 0.1) is 13.2 Å². The Kier molecular flexibility index (Phi) is 6.77. The van der Waals surface area contributed by atoms with Crippen molar-refractivity contribution in [1.82, 2.24) is 4.90 Å². The average Bonchev–Trinajstić information content (AvgIpc) is 2.68. The second-order valence-electron chi connectivity index (χ2n) is 8.18. The molecule has 3 rings (SSSR count). The van der Waals surface area contributed by atoms with Crippen molar-refractivity contribution in [3.05, 3.63) is 29.8 Å². The van der Waals surface area contributed by atoms with Crippen molar-refractivity contribution in [2.24, 2.45) is 11.8 Å². The molecule has 2 atom stereocenters. The lowest BCUT2D eigenvalue weighted by atomic mass is 9.79. The monoisotopic (exact) mass is 345 g/mol. The molecule has 0 aromatic heterocycles. The van der Waals surface area contributed by atoms with Crippen molar-refractivity contribution >= 4 is 0 Å². The molecule has 3 heteroatoms. The molecule has 140 valence electrons. The zero-order chi connectivity index (χ0) is 17.6. The van der Waals surface area contributed by atoms with Crippen molar-refractivity contribution in [2.75, 3.05) is 20.2 Å². The number of benzene rings is 1. The normalized spacial score (nSPS) is 23.3. The van der Waals surface area contributed by atoms with Gasteiger partial charge in [0.15, 0.2) is 0 Å². The van der Waals surface area contributed by atoms with Crippen LogP contribution in [0.4, 0.5) is 0 Å². The van der Waals surface area contributed by atoms with Crippen LogP contribution < -0.4 is 4.74 Å². The molecule has 1 aromatic carbocycles. The summed E-state index contributed by atoms with van der Waals surface area (Å²) in [6, 6.07) is 8.00. The molecule has 2 aliphatic rings. The molecule has 2 unspecified atom stereocenters. The Morgan fingerprint density at radius 3 is 2.20 bits per heavy atom. The van der Waals surface area contributed by atoms with Crippen LogP contribution in [0.1, 0.15) is 70.0 Å². The fourth-order valence-electron chi connectivity index (χ4n) is 4.77. The minimum absolute atomic E-state index is 0.170. The average molecular weight is 346 g/mol. The van der Waals surface area contributed by atoms with Gasteiger partial charge in [-0.2, -0.15) is 0 Å². The molecule has 1 saturated carbocycles. The summed E-state index contributed by atoms with van der Waals surface area (Å²) in [4.78, 5) is 2.48. The number of aliphatic hydroxyl groups is 1. The van der Waals surface area contributed by atoms with Gasteiger partial charge in [0.25, 0.3) is 0 Å². The van der Waals surface area contributed by atoms with Gasteiger partial charge >= 0.3 is 0 Å². The molecule has 1 saturated heterocycles. The topological polar surface area (TPSA) is 32.7 Å². The smallest absolute Gasteiger partial charge is 0.118 e. The summed E-state index contributed by atoms with van der Waals surface area (Å²) in [5, 5.41) is 10.7. The number of aliphatic hydroxyl groups excluding tert-OH is 1. The standard InChI is InChI=1S/C22H35NO2/c1-17(22(24)20-8-10-21(25-2)11-9-20)23-14-12-19(13-15-23)16-18-6-4-3-5-7-18/h8-11,17-19,22,24H,3-7,12-16H2,1-2H3. The molecule has 2 fully saturated rings. The third kappa shape index (κ3) is 4.98. The highest BCUT2D eigenvalue weighted by Gasteiger charge is 2.29. The first-order chi connectivity index (χ1) is 12.2. The number of nitrogens with zero attached hydrogens (tertiary/aromatic N) is 1. The van der Waals surface area contributed by atoms with Gasteiger partial charge in [0, 0.05) is 6.04 Å². The molecule has 1 aliphatic carbocycles. The fraction of sp³-hybridized carbons (Fsp3) is 0.727. The third-order valence-corrected chi connectivity index (χ3v) is 6.53. The number of hydrogen-bond donors (Lipinski definition) is 1. The van der Waals surface area contributed by atoms with Crippen molar-refractivity contribution in [2.45, 2.75) is 70.4 Å². The molecule has 1 heterocycles. The van der Waals surface area contributed by atoms with Crippen LogP contribution in [0.3, 0.4) is 0 Å². The number of likely N-dealkylation sites (tertiary alicyclic amines) is 1. The maximum Gasteiger partial charge on any atom is 0.118 e. The first kappa shape index (κ1) is 18.7. The fourth-order valence-corrected chi connectivity index (χ4v) is 4.77. The summed E-state index contributed by atoms with van der Waals surface area (Å²) >= 11 is 0. The van der Waals surface area contributed by atoms with Crippen LogP contribution in [0.25, 0.3) is 0 Å². The Morgan fingerprint density at radius 1 is 1.00 bits per heavy atom. The quantitative estimate of drug-likeness (QED) is 0.804. The summed E-state index contributed by atoms with van der Waals surface area (Å²) in [5.74, 6) is 2.74. The van der Waals surface area contributed by atoms with E-state index in [9.17, 15) is 5.11 Å². The van der Waals surface area contributed by atoms with E-state index >= 15 is 0 Å². The van der Waals surface area contributed by atoms with Gasteiger partial charge in [-0.05, 0) is 68.8 Å². The Bertz CT molecular complexity index is 501. The molecular weight excluding hydrogens is 310 g/mol. The van der Waals surface area contributed by atoms with E-state index in [4.69, 9.17) is 4.74 Å². The van der Waals surface area contributed by atoms with Crippen LogP contribution in [-0.2, 0) is 0 Å². The number of hydrogen-bond acceptors (Lipinski definition) is 3. The van der Waals surface area contributed by atoms with E-state index in [2.05, 4.69) is 11.8 Å². The van der Waals surface area contributed by atoms with E-state index < -0.39 is 6.10 Å². The molecule has 0 amide bonds. The molecule has 3 nitrogen and oxygen atoms in total. The van der Waals surface area contributed by atoms with Crippen molar-refractivity contribution in [1.29, 1.82) is 0 Å². The van der Waals surface area contributed by atoms with Gasteiger partial charge in [0.2, 0.25) is 0 Å². The zero-order valence-electron chi connectivity index (χ0n) is 16.0. The lowest BCUT2D eigenvalue weighted by Gasteiger charge is -2.39. The first-order valence-electron chi connectivity index (χ1n) is 10.2. The summed E-state index contributed by atoms with van der Waals surface area (Å²) in [7, 11) is 1.67. The highest BCUT2D eigenvalue weighted by Crippen LogP contribution is 2.34. The molecule has 1 aliphatic heterocycles.